The Morgan fingerprint density at radius 3 is 2.57 bits per heavy atom. The standard InChI is InChI=1S/C15H25NO4.Ar/c1-8-4-5-11-9(2)12(16)17-13-15(11)10(8)6-7-14(3,18-13)19-20-15;/h8-13H,4-7,16H2,1-3H3;/t8-,9-,10?,11?,12?,13-,14-,15-;/m1./s1. The van der Waals surface area contributed by atoms with Crippen molar-refractivity contribution < 1.29 is 57.0 Å². The van der Waals surface area contributed by atoms with E-state index in [2.05, 4.69) is 13.8 Å². The van der Waals surface area contributed by atoms with E-state index in [1.165, 1.54) is 6.42 Å². The summed E-state index contributed by atoms with van der Waals surface area (Å²) >= 11 is 0. The minimum atomic E-state index is -0.697. The topological polar surface area (TPSA) is 62.9 Å². The second kappa shape index (κ2) is 5.55. The zero-order valence-electron chi connectivity index (χ0n) is 12.9. The summed E-state index contributed by atoms with van der Waals surface area (Å²) in [6.07, 6.45) is 3.57. The van der Waals surface area contributed by atoms with Gasteiger partial charge in [-0.15, -0.1) is 0 Å². The largest absolute Gasteiger partial charge is 0.331 e. The van der Waals surface area contributed by atoms with Crippen molar-refractivity contribution in [2.75, 3.05) is 0 Å². The molecule has 0 amide bonds. The van der Waals surface area contributed by atoms with Gasteiger partial charge in [-0.1, -0.05) is 13.8 Å². The van der Waals surface area contributed by atoms with E-state index in [1.807, 2.05) is 6.92 Å². The van der Waals surface area contributed by atoms with Gasteiger partial charge in [0.2, 0.25) is 5.79 Å². The van der Waals surface area contributed by atoms with Crippen LogP contribution in [0.1, 0.15) is 46.5 Å². The molecule has 0 aromatic rings. The first-order chi connectivity index (χ1) is 9.46. The van der Waals surface area contributed by atoms with Crippen LogP contribution in [0.2, 0.25) is 0 Å². The maximum absolute atomic E-state index is 6.18. The molecule has 1 spiro atoms. The van der Waals surface area contributed by atoms with Gasteiger partial charge in [0.15, 0.2) is 11.9 Å². The Kier molecular flexibility index (Phi) is 4.47. The van der Waals surface area contributed by atoms with Crippen molar-refractivity contribution in [2.45, 2.75) is 70.4 Å². The van der Waals surface area contributed by atoms with Crippen molar-refractivity contribution in [2.24, 2.45) is 29.4 Å². The van der Waals surface area contributed by atoms with Gasteiger partial charge in [-0.25, -0.2) is 9.78 Å². The van der Waals surface area contributed by atoms with E-state index in [-0.39, 0.29) is 49.9 Å². The fourth-order valence-electron chi connectivity index (χ4n) is 4.93. The molecule has 5 rings (SSSR count). The minimum absolute atomic E-state index is 0. The summed E-state index contributed by atoms with van der Waals surface area (Å²) in [5, 5.41) is 0. The fraction of sp³-hybridized carbons (Fsp3) is 1.00. The molecule has 4 heterocycles. The summed E-state index contributed by atoms with van der Waals surface area (Å²) < 4.78 is 12.2. The minimum Gasteiger partial charge on any atom is -0.331 e. The van der Waals surface area contributed by atoms with E-state index in [0.717, 1.165) is 19.3 Å². The number of fused-ring (bicyclic) bond motifs is 2. The van der Waals surface area contributed by atoms with E-state index >= 15 is 0 Å². The molecule has 3 unspecified atom stereocenters. The Morgan fingerprint density at radius 1 is 1.05 bits per heavy atom. The van der Waals surface area contributed by atoms with Crippen molar-refractivity contribution in [3.63, 3.8) is 0 Å². The van der Waals surface area contributed by atoms with Gasteiger partial charge < -0.3 is 15.2 Å². The van der Waals surface area contributed by atoms with Gasteiger partial charge in [-0.3, -0.25) is 0 Å². The van der Waals surface area contributed by atoms with Crippen molar-refractivity contribution >= 4 is 0 Å². The zero-order valence-corrected chi connectivity index (χ0v) is 13.6. The number of nitrogens with two attached hydrogens (primary N) is 1. The van der Waals surface area contributed by atoms with Crippen LogP contribution in [0, 0.1) is 61.4 Å². The molecule has 6 heteroatoms. The molecule has 5 nitrogen and oxygen atoms in total. The van der Waals surface area contributed by atoms with Crippen LogP contribution >= 0.6 is 0 Å². The number of ether oxygens (including phenoxy) is 2. The van der Waals surface area contributed by atoms with Gasteiger partial charge in [-0.2, -0.15) is 0 Å². The van der Waals surface area contributed by atoms with Gasteiger partial charge in [0, 0.05) is 56.0 Å². The smallest absolute Gasteiger partial charge is 0.201 e. The van der Waals surface area contributed by atoms with E-state index in [4.69, 9.17) is 25.0 Å². The summed E-state index contributed by atoms with van der Waals surface area (Å²) in [4.78, 5) is 11.7. The molecule has 0 radical (unpaired) electrons. The summed E-state index contributed by atoms with van der Waals surface area (Å²) in [5.41, 5.74) is 5.71. The van der Waals surface area contributed by atoms with Crippen LogP contribution in [0.5, 0.6) is 0 Å². The number of rotatable bonds is 0. The van der Waals surface area contributed by atoms with Crippen LogP contribution in [0.3, 0.4) is 0 Å². The summed E-state index contributed by atoms with van der Waals surface area (Å²) in [5.74, 6) is 0.936. The van der Waals surface area contributed by atoms with Gasteiger partial charge >= 0.3 is 0 Å². The van der Waals surface area contributed by atoms with E-state index in [9.17, 15) is 0 Å². The molecule has 8 atom stereocenters. The predicted octanol–water partition coefficient (Wildman–Crippen LogP) is 2.15. The monoisotopic (exact) mass is 323 g/mol. The predicted molar refractivity (Wildman–Crippen MR) is 71.0 cm³/mol. The quantitative estimate of drug-likeness (QED) is 0.692. The Hall–Kier alpha value is 1.06. The number of hydrogen-bond acceptors (Lipinski definition) is 5. The van der Waals surface area contributed by atoms with E-state index in [1.54, 1.807) is 0 Å². The zero-order chi connectivity index (χ0) is 14.1. The SMILES string of the molecule is C[C@H]1C(N)O[C@@H]2O[C@@]3(C)CCC4[C@H](C)CCC1[C@]42OO3.[Ar]. The maximum atomic E-state index is 6.18. The van der Waals surface area contributed by atoms with Gasteiger partial charge in [0.25, 0.3) is 0 Å². The first-order valence-corrected chi connectivity index (χ1v) is 7.92. The molecule has 122 valence electrons. The van der Waals surface area contributed by atoms with Crippen molar-refractivity contribution in [1.29, 1.82) is 0 Å². The molecule has 0 aromatic carbocycles. The summed E-state index contributed by atoms with van der Waals surface area (Å²) in [6, 6.07) is 0. The van der Waals surface area contributed by atoms with Crippen LogP contribution < -0.4 is 5.73 Å². The van der Waals surface area contributed by atoms with E-state index in [0.29, 0.717) is 17.8 Å². The number of hydrogen-bond donors (Lipinski definition) is 1. The average Bonchev–Trinajstić information content (AvgIpc) is 2.63. The van der Waals surface area contributed by atoms with Crippen molar-refractivity contribution in [1.82, 2.24) is 0 Å². The molecule has 2 bridgehead atoms. The van der Waals surface area contributed by atoms with Crippen LogP contribution in [0.4, 0.5) is 0 Å². The van der Waals surface area contributed by atoms with Gasteiger partial charge in [0.1, 0.15) is 6.23 Å². The third kappa shape index (κ3) is 2.27. The van der Waals surface area contributed by atoms with Gasteiger partial charge in [0.05, 0.1) is 0 Å². The molecule has 5 fully saturated rings. The second-order valence-electron chi connectivity index (χ2n) is 7.37. The molecule has 0 aromatic heterocycles. The maximum Gasteiger partial charge on any atom is 0.201 e. The molecule has 1 aliphatic carbocycles. The Labute approximate surface area is 156 Å². The van der Waals surface area contributed by atoms with E-state index < -0.39 is 17.7 Å². The Morgan fingerprint density at radius 2 is 1.81 bits per heavy atom. The Balaban J connectivity index is 0.00000132. The van der Waals surface area contributed by atoms with Crippen molar-refractivity contribution in [3.8, 4) is 0 Å². The summed E-state index contributed by atoms with van der Waals surface area (Å²) in [7, 11) is 0. The van der Waals surface area contributed by atoms with Crippen LogP contribution in [0.15, 0.2) is 0 Å². The van der Waals surface area contributed by atoms with Crippen molar-refractivity contribution in [3.05, 3.63) is 0 Å². The first-order valence-electron chi connectivity index (χ1n) is 7.92. The Bertz CT molecular complexity index is 420. The molecule has 21 heavy (non-hydrogen) atoms. The molecule has 2 N–H and O–H groups in total. The third-order valence-electron chi connectivity index (χ3n) is 6.21. The molecule has 1 saturated carbocycles. The van der Waals surface area contributed by atoms with Gasteiger partial charge in [-0.05, 0) is 38.0 Å². The molecule has 5 aliphatic rings. The fourth-order valence-corrected chi connectivity index (χ4v) is 4.93. The molecular formula is C15H25ArNO4. The molecule has 4 saturated heterocycles. The molecule has 4 aliphatic heterocycles. The second-order valence-corrected chi connectivity index (χ2v) is 7.37. The first kappa shape index (κ1) is 16.9. The van der Waals surface area contributed by atoms with Crippen LogP contribution in [-0.4, -0.2) is 23.9 Å². The van der Waals surface area contributed by atoms with Crippen LogP contribution in [-0.2, 0) is 19.2 Å². The third-order valence-corrected chi connectivity index (χ3v) is 6.21. The average molecular weight is 323 g/mol. The normalized spacial score (nSPS) is 58.9. The summed E-state index contributed by atoms with van der Waals surface area (Å²) in [6.45, 7) is 6.41. The van der Waals surface area contributed by atoms with Crippen LogP contribution in [0.25, 0.3) is 0 Å². The molecular weight excluding hydrogens is 298 g/mol.